The van der Waals surface area contributed by atoms with Crippen LogP contribution < -0.4 is 24.1 Å². The second kappa shape index (κ2) is 11.6. The van der Waals surface area contributed by atoms with Gasteiger partial charge in [0.2, 0.25) is 0 Å². The maximum Gasteiger partial charge on any atom is 1.00 e. The smallest absolute Gasteiger partial charge is 0.691 e. The molecule has 0 aliphatic heterocycles. The molecule has 0 radical (unpaired) electrons. The molecule has 0 spiro atoms. The fraction of sp³-hybridized carbons (Fsp3) is 0.750. The normalized spacial score (nSPS) is 8.83. The molecular formula is C4H7LiO5S2. The predicted octanol–water partition coefficient (Wildman–Crippen LogP) is -2.93. The van der Waals surface area contributed by atoms with E-state index in [1.54, 1.807) is 6.26 Å². The van der Waals surface area contributed by atoms with Gasteiger partial charge >= 0.3 is 24.8 Å². The fourth-order valence-corrected chi connectivity index (χ4v) is 0.940. The first-order valence-electron chi connectivity index (χ1n) is 2.63. The third-order valence-corrected chi connectivity index (χ3v) is 1.52. The van der Waals surface area contributed by atoms with Gasteiger partial charge in [0.05, 0.1) is 18.5 Å². The van der Waals surface area contributed by atoms with Crippen molar-refractivity contribution in [2.24, 2.45) is 0 Å². The van der Waals surface area contributed by atoms with Crippen molar-refractivity contribution in [1.29, 1.82) is 0 Å². The molecule has 0 aromatic carbocycles. The van der Waals surface area contributed by atoms with E-state index in [4.69, 9.17) is 0 Å². The summed E-state index contributed by atoms with van der Waals surface area (Å²) in [6.45, 7) is 0. The first-order valence-corrected chi connectivity index (χ1v) is 4.69. The van der Waals surface area contributed by atoms with E-state index in [1.807, 2.05) is 0 Å². The molecule has 5 nitrogen and oxygen atoms in total. The molecule has 0 aliphatic carbocycles. The Morgan fingerprint density at radius 3 is 2.75 bits per heavy atom. The molecule has 0 heterocycles. The molecule has 0 N–H and O–H groups in total. The number of carbonyl (C=O) groups excluding carboxylic acids is 1. The van der Waals surface area contributed by atoms with E-state index in [1.165, 1.54) is 0 Å². The van der Waals surface area contributed by atoms with Gasteiger partial charge < -0.3 is 9.44 Å². The number of hydrogen-bond acceptors (Lipinski definition) is 7. The zero-order valence-corrected chi connectivity index (χ0v) is 8.40. The van der Waals surface area contributed by atoms with Crippen LogP contribution in [0.5, 0.6) is 0 Å². The van der Waals surface area contributed by atoms with Crippen LogP contribution in [0.1, 0.15) is 6.42 Å². The Morgan fingerprint density at radius 2 is 2.25 bits per heavy atom. The molecule has 0 atom stereocenters. The van der Waals surface area contributed by atoms with Gasteiger partial charge in [0.1, 0.15) is 0 Å². The molecule has 8 heteroatoms. The summed E-state index contributed by atoms with van der Waals surface area (Å²) in [6, 6.07) is 0. The molecule has 0 fully saturated rings. The quantitative estimate of drug-likeness (QED) is 0.151. The molecule has 66 valence electrons. The van der Waals surface area contributed by atoms with Crippen LogP contribution in [-0.4, -0.2) is 18.0 Å². The van der Waals surface area contributed by atoms with Crippen LogP contribution in [0.25, 0.3) is 0 Å². The van der Waals surface area contributed by atoms with E-state index in [9.17, 15) is 10.1 Å². The van der Waals surface area contributed by atoms with Gasteiger partial charge in [-0.2, -0.15) is 4.33 Å². The van der Waals surface area contributed by atoms with Crippen molar-refractivity contribution in [3.8, 4) is 0 Å². The van der Waals surface area contributed by atoms with Crippen molar-refractivity contribution < 1.29 is 42.5 Å². The van der Waals surface area contributed by atoms with Crippen LogP contribution >= 0.6 is 24.1 Å². The largest absolute Gasteiger partial charge is 1.00 e. The van der Waals surface area contributed by atoms with Crippen LogP contribution in [0.15, 0.2) is 0 Å². The molecule has 12 heavy (non-hydrogen) atoms. The Morgan fingerprint density at radius 1 is 1.58 bits per heavy atom. The maximum atomic E-state index is 10.6. The second-order valence-electron chi connectivity index (χ2n) is 1.33. The van der Waals surface area contributed by atoms with Gasteiger partial charge in [-0.25, -0.2) is 0 Å². The molecule has 0 aromatic rings. The molecular weight excluding hydrogens is 199 g/mol. The summed E-state index contributed by atoms with van der Waals surface area (Å²) in [6.07, 6.45) is 1.83. The first-order chi connectivity index (χ1) is 5.31. The average molecular weight is 206 g/mol. The summed E-state index contributed by atoms with van der Waals surface area (Å²) in [4.78, 5) is 10.6. The summed E-state index contributed by atoms with van der Waals surface area (Å²) in [5.41, 5.74) is 0. The monoisotopic (exact) mass is 206 g/mol. The van der Waals surface area contributed by atoms with Crippen molar-refractivity contribution in [3.63, 3.8) is 0 Å². The van der Waals surface area contributed by atoms with Crippen LogP contribution in [0.4, 0.5) is 0 Å². The maximum absolute atomic E-state index is 10.6. The van der Waals surface area contributed by atoms with Gasteiger partial charge in [0.25, 0.3) is 0 Å². The van der Waals surface area contributed by atoms with Crippen LogP contribution in [0.3, 0.4) is 0 Å². The van der Waals surface area contributed by atoms with Gasteiger partial charge in [-0.3, -0.25) is 9.83 Å². The standard InChI is InChI=1S/C4H8O5S2.Li/c1-10-7-4(5)2-3-11-9-8-6;/h6H,2-3H2,1H3;/q;+1/p-1. The summed E-state index contributed by atoms with van der Waals surface area (Å²) < 4.78 is 8.42. The summed E-state index contributed by atoms with van der Waals surface area (Å²) in [5.74, 6) is -0.0127. The van der Waals surface area contributed by atoms with E-state index < -0.39 is 0 Å². The van der Waals surface area contributed by atoms with Crippen molar-refractivity contribution in [2.45, 2.75) is 6.42 Å². The zero-order valence-electron chi connectivity index (χ0n) is 6.77. The Balaban J connectivity index is 0. The fourth-order valence-electron chi connectivity index (χ4n) is 0.313. The molecule has 0 saturated heterocycles. The average Bonchev–Trinajstić information content (AvgIpc) is 1.99. The first kappa shape index (κ1) is 15.1. The van der Waals surface area contributed by atoms with Crippen LogP contribution in [0, 0.1) is 0 Å². The van der Waals surface area contributed by atoms with Crippen molar-refractivity contribution in [2.75, 3.05) is 12.0 Å². The van der Waals surface area contributed by atoms with Crippen molar-refractivity contribution in [3.05, 3.63) is 0 Å². The molecule has 0 aromatic heterocycles. The SMILES string of the molecule is CSOC(=O)CCSOO[O-].[Li+]. The van der Waals surface area contributed by atoms with E-state index in [2.05, 4.69) is 13.6 Å². The topological polar surface area (TPSA) is 67.8 Å². The third-order valence-electron chi connectivity index (χ3n) is 0.642. The molecule has 0 bridgehead atoms. The third kappa shape index (κ3) is 10.6. The van der Waals surface area contributed by atoms with E-state index in [0.29, 0.717) is 5.75 Å². The van der Waals surface area contributed by atoms with E-state index in [0.717, 1.165) is 24.1 Å². The molecule has 0 amide bonds. The van der Waals surface area contributed by atoms with Gasteiger partial charge in [-0.05, 0) is 0 Å². The van der Waals surface area contributed by atoms with Gasteiger partial charge in [0, 0.05) is 24.1 Å². The van der Waals surface area contributed by atoms with Crippen molar-refractivity contribution >= 4 is 30.1 Å². The summed E-state index contributed by atoms with van der Waals surface area (Å²) in [5, 5.41) is 12.3. The van der Waals surface area contributed by atoms with Crippen LogP contribution in [-0.2, 0) is 18.3 Å². The summed E-state index contributed by atoms with van der Waals surface area (Å²) >= 11 is 1.74. The Labute approximate surface area is 91.0 Å². The Bertz CT molecular complexity index is 114. The molecule has 0 saturated carbocycles. The number of hydrogen-bond donors (Lipinski definition) is 0. The van der Waals surface area contributed by atoms with Gasteiger partial charge in [-0.15, -0.1) is 0 Å². The predicted molar refractivity (Wildman–Crippen MR) is 38.9 cm³/mol. The van der Waals surface area contributed by atoms with Gasteiger partial charge in [-0.1, -0.05) is 0 Å². The molecule has 0 aliphatic rings. The van der Waals surface area contributed by atoms with E-state index in [-0.39, 0.29) is 31.3 Å². The summed E-state index contributed by atoms with van der Waals surface area (Å²) in [7, 11) is 0. The Hall–Kier alpha value is 0.647. The minimum absolute atomic E-state index is 0. The molecule has 0 rings (SSSR count). The zero-order chi connectivity index (χ0) is 8.53. The molecule has 0 unspecified atom stereocenters. The second-order valence-corrected chi connectivity index (χ2v) is 2.61. The number of carbonyl (C=O) groups is 1. The Kier molecular flexibility index (Phi) is 14.7. The minimum Gasteiger partial charge on any atom is -0.691 e. The van der Waals surface area contributed by atoms with Crippen LogP contribution in [0.2, 0.25) is 0 Å². The van der Waals surface area contributed by atoms with E-state index >= 15 is 0 Å². The van der Waals surface area contributed by atoms with Crippen molar-refractivity contribution in [1.82, 2.24) is 0 Å². The number of rotatable bonds is 6. The minimum atomic E-state index is -0.348. The van der Waals surface area contributed by atoms with Gasteiger partial charge in [0.15, 0.2) is 0 Å².